The number of hydrogen-bond acceptors (Lipinski definition) is 8. The van der Waals surface area contributed by atoms with Crippen molar-refractivity contribution in [2.45, 2.75) is 33.2 Å². The first-order chi connectivity index (χ1) is 16.3. The summed E-state index contributed by atoms with van der Waals surface area (Å²) >= 11 is 1.25. The van der Waals surface area contributed by atoms with Crippen LogP contribution in [0, 0.1) is 13.8 Å². The van der Waals surface area contributed by atoms with Crippen molar-refractivity contribution < 1.29 is 28.9 Å². The van der Waals surface area contributed by atoms with E-state index >= 15 is 0 Å². The van der Waals surface area contributed by atoms with Gasteiger partial charge in [0.1, 0.15) is 6.61 Å². The number of Topliss-reactive ketones (excluding diaryl/α,β-unsaturated/α-hetero) is 1. The molecule has 182 valence electrons. The molecule has 0 radical (unpaired) electrons. The zero-order chi connectivity index (χ0) is 24.8. The summed E-state index contributed by atoms with van der Waals surface area (Å²) in [6, 6.07) is 4.48. The van der Waals surface area contributed by atoms with E-state index in [9.17, 15) is 14.7 Å². The zero-order valence-electron chi connectivity index (χ0n) is 19.9. The van der Waals surface area contributed by atoms with Gasteiger partial charge in [-0.2, -0.15) is 0 Å². The van der Waals surface area contributed by atoms with Gasteiger partial charge in [0, 0.05) is 20.3 Å². The predicted octanol–water partition coefficient (Wildman–Crippen LogP) is 4.34. The van der Waals surface area contributed by atoms with Gasteiger partial charge >= 0.3 is 0 Å². The molecule has 0 fully saturated rings. The van der Waals surface area contributed by atoms with Crippen molar-refractivity contribution in [3.8, 4) is 11.5 Å². The Kier molecular flexibility index (Phi) is 8.46. The molecule has 0 spiro atoms. The fraction of sp³-hybridized carbons (Fsp3) is 0.400. The van der Waals surface area contributed by atoms with E-state index in [0.717, 1.165) is 5.01 Å². The number of aliphatic hydroxyl groups is 1. The quantitative estimate of drug-likeness (QED) is 0.271. The number of aliphatic hydroxyl groups excluding tert-OH is 1. The van der Waals surface area contributed by atoms with Crippen LogP contribution in [0.5, 0.6) is 11.5 Å². The van der Waals surface area contributed by atoms with Crippen LogP contribution in [0.15, 0.2) is 42.2 Å². The maximum absolute atomic E-state index is 13.6. The maximum Gasteiger partial charge on any atom is 0.290 e. The zero-order valence-corrected chi connectivity index (χ0v) is 20.7. The molecule has 1 aliphatic heterocycles. The fourth-order valence-electron chi connectivity index (χ4n) is 3.94. The van der Waals surface area contributed by atoms with E-state index in [1.807, 2.05) is 13.8 Å². The van der Waals surface area contributed by atoms with Gasteiger partial charge in [-0.3, -0.25) is 9.59 Å². The number of aryl methyl sites for hydroxylation is 2. The SMILES string of the molecule is C=CCOc1ccc(C2C(C(=O)c3sc(C)nc3C)=C(O)C(=O)N2CCCOC)cc1OCC. The molecule has 8 nitrogen and oxygen atoms in total. The van der Waals surface area contributed by atoms with Crippen molar-refractivity contribution in [2.75, 3.05) is 33.5 Å². The summed E-state index contributed by atoms with van der Waals surface area (Å²) in [5.41, 5.74) is 1.24. The minimum atomic E-state index is -0.786. The third kappa shape index (κ3) is 5.15. The second-order valence-electron chi connectivity index (χ2n) is 7.73. The maximum atomic E-state index is 13.6. The summed E-state index contributed by atoms with van der Waals surface area (Å²) < 4.78 is 16.6. The van der Waals surface area contributed by atoms with Gasteiger partial charge in [0.2, 0.25) is 5.78 Å². The first-order valence-electron chi connectivity index (χ1n) is 11.1. The molecule has 2 heterocycles. The Balaban J connectivity index is 2.10. The highest BCUT2D eigenvalue weighted by molar-refractivity contribution is 7.14. The molecule has 1 atom stereocenters. The number of ether oxygens (including phenoxy) is 3. The van der Waals surface area contributed by atoms with Crippen LogP contribution in [0.3, 0.4) is 0 Å². The van der Waals surface area contributed by atoms with Crippen molar-refractivity contribution in [1.82, 2.24) is 9.88 Å². The number of amides is 1. The number of aromatic nitrogens is 1. The van der Waals surface area contributed by atoms with Crippen LogP contribution < -0.4 is 9.47 Å². The smallest absolute Gasteiger partial charge is 0.290 e. The third-order valence-corrected chi connectivity index (χ3v) is 6.42. The van der Waals surface area contributed by atoms with E-state index < -0.39 is 23.5 Å². The average Bonchev–Trinajstić information content (AvgIpc) is 3.28. The highest BCUT2D eigenvalue weighted by Crippen LogP contribution is 2.42. The minimum Gasteiger partial charge on any atom is -0.503 e. The Hall–Kier alpha value is -3.17. The van der Waals surface area contributed by atoms with Gasteiger partial charge in [0.05, 0.1) is 33.8 Å². The van der Waals surface area contributed by atoms with Crippen LogP contribution in [-0.2, 0) is 9.53 Å². The highest BCUT2D eigenvalue weighted by Gasteiger charge is 2.44. The number of benzene rings is 1. The molecule has 0 saturated heterocycles. The second kappa shape index (κ2) is 11.3. The van der Waals surface area contributed by atoms with Crippen LogP contribution in [0.25, 0.3) is 0 Å². The Labute approximate surface area is 203 Å². The Morgan fingerprint density at radius 3 is 2.68 bits per heavy atom. The molecule has 1 aliphatic rings. The number of carbonyl (C=O) groups is 2. The van der Waals surface area contributed by atoms with Crippen LogP contribution in [0.2, 0.25) is 0 Å². The molecule has 34 heavy (non-hydrogen) atoms. The summed E-state index contributed by atoms with van der Waals surface area (Å²) in [7, 11) is 1.58. The van der Waals surface area contributed by atoms with Crippen molar-refractivity contribution >= 4 is 23.0 Å². The summed E-state index contributed by atoms with van der Waals surface area (Å²) in [4.78, 5) is 32.9. The van der Waals surface area contributed by atoms with E-state index in [2.05, 4.69) is 11.6 Å². The molecule has 2 aromatic rings. The molecule has 9 heteroatoms. The van der Waals surface area contributed by atoms with E-state index in [4.69, 9.17) is 14.2 Å². The van der Waals surface area contributed by atoms with E-state index in [1.54, 1.807) is 38.3 Å². The number of rotatable bonds is 12. The molecule has 1 amide bonds. The highest BCUT2D eigenvalue weighted by atomic mass is 32.1. The summed E-state index contributed by atoms with van der Waals surface area (Å²) in [5, 5.41) is 11.6. The second-order valence-corrected chi connectivity index (χ2v) is 8.93. The van der Waals surface area contributed by atoms with Gasteiger partial charge in [0.15, 0.2) is 17.3 Å². The normalized spacial score (nSPS) is 15.7. The number of hydrogen-bond donors (Lipinski definition) is 1. The van der Waals surface area contributed by atoms with Crippen LogP contribution in [-0.4, -0.2) is 60.2 Å². The lowest BCUT2D eigenvalue weighted by molar-refractivity contribution is -0.129. The standard InChI is InChI=1S/C25H30N2O6S/c1-6-12-33-18-10-9-17(14-19(18)32-7-2)21-20(22(28)24-15(3)26-16(4)34-24)23(29)25(30)27(21)11-8-13-31-5/h6,9-10,14,21,29H,1,7-8,11-13H2,2-5H3. The molecular weight excluding hydrogens is 456 g/mol. The summed E-state index contributed by atoms with van der Waals surface area (Å²) in [6.45, 7) is 10.5. The van der Waals surface area contributed by atoms with Gasteiger partial charge in [-0.05, 0) is 44.9 Å². The number of carbonyl (C=O) groups excluding carboxylic acids is 2. The monoisotopic (exact) mass is 486 g/mol. The molecule has 1 unspecified atom stereocenters. The van der Waals surface area contributed by atoms with E-state index in [-0.39, 0.29) is 5.57 Å². The largest absolute Gasteiger partial charge is 0.503 e. The predicted molar refractivity (Wildman–Crippen MR) is 130 cm³/mol. The molecular formula is C25H30N2O6S. The molecule has 1 aromatic carbocycles. The fourth-order valence-corrected chi connectivity index (χ4v) is 4.81. The molecule has 1 aromatic heterocycles. The summed E-state index contributed by atoms with van der Waals surface area (Å²) in [5.74, 6) is -0.529. The van der Waals surface area contributed by atoms with Crippen LogP contribution in [0.4, 0.5) is 0 Å². The number of thiazole rings is 1. The van der Waals surface area contributed by atoms with E-state index in [1.165, 1.54) is 16.2 Å². The van der Waals surface area contributed by atoms with Gasteiger partial charge in [-0.1, -0.05) is 18.7 Å². The number of ketones is 1. The minimum absolute atomic E-state index is 0.0383. The average molecular weight is 487 g/mol. The lowest BCUT2D eigenvalue weighted by Gasteiger charge is -2.27. The van der Waals surface area contributed by atoms with Crippen molar-refractivity contribution in [2.24, 2.45) is 0 Å². The van der Waals surface area contributed by atoms with Gasteiger partial charge in [0.25, 0.3) is 5.91 Å². The summed E-state index contributed by atoms with van der Waals surface area (Å²) in [6.07, 6.45) is 2.18. The Morgan fingerprint density at radius 1 is 1.29 bits per heavy atom. The van der Waals surface area contributed by atoms with Gasteiger partial charge in [-0.25, -0.2) is 4.98 Å². The van der Waals surface area contributed by atoms with Gasteiger partial charge < -0.3 is 24.2 Å². The number of nitrogens with zero attached hydrogens (tertiary/aromatic N) is 2. The van der Waals surface area contributed by atoms with E-state index in [0.29, 0.717) is 60.4 Å². The molecule has 1 N–H and O–H groups in total. The van der Waals surface area contributed by atoms with Crippen LogP contribution in [0.1, 0.15) is 45.3 Å². The molecule has 0 saturated carbocycles. The topological polar surface area (TPSA) is 98.2 Å². The Morgan fingerprint density at radius 2 is 2.06 bits per heavy atom. The van der Waals surface area contributed by atoms with Gasteiger partial charge in [-0.15, -0.1) is 11.3 Å². The molecule has 3 rings (SSSR count). The van der Waals surface area contributed by atoms with Crippen molar-refractivity contribution in [3.63, 3.8) is 0 Å². The Bertz CT molecular complexity index is 1110. The molecule has 0 bridgehead atoms. The number of methoxy groups -OCH3 is 1. The first-order valence-corrected chi connectivity index (χ1v) is 11.9. The molecule has 0 aliphatic carbocycles. The first kappa shape index (κ1) is 25.5. The lowest BCUT2D eigenvalue weighted by atomic mass is 9.94. The van der Waals surface area contributed by atoms with Crippen molar-refractivity contribution in [3.05, 3.63) is 63.3 Å². The lowest BCUT2D eigenvalue weighted by Crippen LogP contribution is -2.32. The van der Waals surface area contributed by atoms with Crippen LogP contribution >= 0.6 is 11.3 Å². The third-order valence-electron chi connectivity index (χ3n) is 5.35. The van der Waals surface area contributed by atoms with Crippen molar-refractivity contribution in [1.29, 1.82) is 0 Å².